The Labute approximate surface area is 79.0 Å². The van der Waals surface area contributed by atoms with E-state index in [-0.39, 0.29) is 0 Å². The molecule has 0 bridgehead atoms. The van der Waals surface area contributed by atoms with Crippen LogP contribution in [0.1, 0.15) is 19.3 Å². The molecule has 2 rings (SSSR count). The highest BCUT2D eigenvalue weighted by atomic mass is 16.5. The summed E-state index contributed by atoms with van der Waals surface area (Å²) >= 11 is 0. The molecule has 0 aromatic rings. The summed E-state index contributed by atoms with van der Waals surface area (Å²) in [4.78, 5) is 2.16. The molecule has 1 unspecified atom stereocenters. The largest absolute Gasteiger partial charge is 0.495 e. The Kier molecular flexibility index (Phi) is 2.30. The minimum Gasteiger partial charge on any atom is -0.495 e. The molecule has 3 nitrogen and oxygen atoms in total. The molecule has 1 saturated heterocycles. The van der Waals surface area contributed by atoms with Gasteiger partial charge in [-0.15, -0.1) is 0 Å². The molecule has 1 fully saturated rings. The number of ether oxygens (including phenoxy) is 1. The number of piperidine rings is 1. The molecule has 2 aliphatic rings. The standard InChI is InChI=1S/C10H17NO2/c1-11-6-3-5-10(12,8-11)9-4-2-7-13-9/h4,12H,2-3,5-8H2,1H3. The molecule has 0 spiro atoms. The summed E-state index contributed by atoms with van der Waals surface area (Å²) in [6.07, 6.45) is 4.86. The van der Waals surface area contributed by atoms with Crippen molar-refractivity contribution in [2.75, 3.05) is 26.7 Å². The van der Waals surface area contributed by atoms with Crippen LogP contribution in [-0.2, 0) is 4.74 Å². The molecule has 2 heterocycles. The first-order chi connectivity index (χ1) is 6.21. The van der Waals surface area contributed by atoms with Gasteiger partial charge >= 0.3 is 0 Å². The van der Waals surface area contributed by atoms with Crippen molar-refractivity contribution in [1.29, 1.82) is 0 Å². The lowest BCUT2D eigenvalue weighted by molar-refractivity contribution is -0.0316. The molecule has 0 amide bonds. The zero-order valence-electron chi connectivity index (χ0n) is 8.12. The van der Waals surface area contributed by atoms with Crippen molar-refractivity contribution in [3.05, 3.63) is 11.8 Å². The number of likely N-dealkylation sites (tertiary alicyclic amines) is 1. The maximum Gasteiger partial charge on any atom is 0.134 e. The van der Waals surface area contributed by atoms with E-state index in [0.29, 0.717) is 6.54 Å². The lowest BCUT2D eigenvalue weighted by Gasteiger charge is -2.37. The lowest BCUT2D eigenvalue weighted by atomic mass is 9.91. The van der Waals surface area contributed by atoms with Crippen molar-refractivity contribution in [2.45, 2.75) is 24.9 Å². The van der Waals surface area contributed by atoms with Gasteiger partial charge in [0.05, 0.1) is 6.61 Å². The molecule has 0 aromatic carbocycles. The van der Waals surface area contributed by atoms with Gasteiger partial charge in [-0.1, -0.05) is 0 Å². The Hall–Kier alpha value is -0.540. The number of nitrogens with zero attached hydrogens (tertiary/aromatic N) is 1. The number of hydrogen-bond acceptors (Lipinski definition) is 3. The van der Waals surface area contributed by atoms with E-state index < -0.39 is 5.60 Å². The first-order valence-electron chi connectivity index (χ1n) is 4.95. The molecule has 0 aromatic heterocycles. The minimum atomic E-state index is -0.705. The second-order valence-corrected chi connectivity index (χ2v) is 4.08. The van der Waals surface area contributed by atoms with Crippen molar-refractivity contribution in [3.63, 3.8) is 0 Å². The van der Waals surface area contributed by atoms with Crippen LogP contribution in [0.5, 0.6) is 0 Å². The molecule has 0 aliphatic carbocycles. The van der Waals surface area contributed by atoms with Gasteiger partial charge in [-0.3, -0.25) is 0 Å². The molecule has 0 saturated carbocycles. The fourth-order valence-corrected chi connectivity index (χ4v) is 2.19. The third-order valence-corrected chi connectivity index (χ3v) is 2.83. The van der Waals surface area contributed by atoms with Crippen LogP contribution in [0.4, 0.5) is 0 Å². The Balaban J connectivity index is 2.09. The quantitative estimate of drug-likeness (QED) is 0.651. The molecule has 0 radical (unpaired) electrons. The van der Waals surface area contributed by atoms with Crippen molar-refractivity contribution in [1.82, 2.24) is 4.90 Å². The fraction of sp³-hybridized carbons (Fsp3) is 0.800. The van der Waals surface area contributed by atoms with Crippen LogP contribution >= 0.6 is 0 Å². The first-order valence-corrected chi connectivity index (χ1v) is 4.95. The number of hydrogen-bond donors (Lipinski definition) is 1. The van der Waals surface area contributed by atoms with Gasteiger partial charge in [0.2, 0.25) is 0 Å². The number of likely N-dealkylation sites (N-methyl/N-ethyl adjacent to an activating group) is 1. The Morgan fingerprint density at radius 2 is 2.46 bits per heavy atom. The molecule has 13 heavy (non-hydrogen) atoms. The van der Waals surface area contributed by atoms with Crippen molar-refractivity contribution < 1.29 is 9.84 Å². The third kappa shape index (κ3) is 1.71. The first kappa shape index (κ1) is 9.03. The topological polar surface area (TPSA) is 32.7 Å². The number of rotatable bonds is 1. The van der Waals surface area contributed by atoms with Crippen LogP contribution in [0.15, 0.2) is 11.8 Å². The zero-order valence-corrected chi connectivity index (χ0v) is 8.12. The smallest absolute Gasteiger partial charge is 0.134 e. The lowest BCUT2D eigenvalue weighted by Crippen LogP contribution is -2.47. The highest BCUT2D eigenvalue weighted by molar-refractivity contribution is 5.15. The molecule has 2 aliphatic heterocycles. The van der Waals surface area contributed by atoms with Crippen LogP contribution in [0, 0.1) is 0 Å². The van der Waals surface area contributed by atoms with Crippen molar-refractivity contribution >= 4 is 0 Å². The van der Waals surface area contributed by atoms with E-state index in [1.165, 1.54) is 0 Å². The van der Waals surface area contributed by atoms with E-state index >= 15 is 0 Å². The Morgan fingerprint density at radius 1 is 1.62 bits per heavy atom. The van der Waals surface area contributed by atoms with Crippen LogP contribution < -0.4 is 0 Å². The molecule has 1 N–H and O–H groups in total. The van der Waals surface area contributed by atoms with Gasteiger partial charge < -0.3 is 14.7 Å². The average Bonchev–Trinajstić information content (AvgIpc) is 2.55. The SMILES string of the molecule is CN1CCCC(O)(C2=CCCO2)C1. The van der Waals surface area contributed by atoms with E-state index in [1.807, 2.05) is 13.1 Å². The summed E-state index contributed by atoms with van der Waals surface area (Å²) < 4.78 is 5.43. The van der Waals surface area contributed by atoms with Gasteiger partial charge in [0, 0.05) is 13.0 Å². The van der Waals surface area contributed by atoms with Crippen LogP contribution in [-0.4, -0.2) is 42.4 Å². The minimum absolute atomic E-state index is 0.705. The number of aliphatic hydroxyl groups is 1. The summed E-state index contributed by atoms with van der Waals surface area (Å²) in [6, 6.07) is 0. The van der Waals surface area contributed by atoms with Crippen molar-refractivity contribution in [2.24, 2.45) is 0 Å². The molecule has 74 valence electrons. The maximum atomic E-state index is 10.3. The Morgan fingerprint density at radius 3 is 3.08 bits per heavy atom. The third-order valence-electron chi connectivity index (χ3n) is 2.83. The van der Waals surface area contributed by atoms with Gasteiger partial charge in [0.15, 0.2) is 0 Å². The summed E-state index contributed by atoms with van der Waals surface area (Å²) in [5, 5.41) is 10.3. The molecule has 1 atom stereocenters. The fourth-order valence-electron chi connectivity index (χ4n) is 2.19. The predicted octanol–water partition coefficient (Wildman–Crippen LogP) is 0.747. The summed E-state index contributed by atoms with van der Waals surface area (Å²) in [6.45, 7) is 2.52. The second kappa shape index (κ2) is 3.31. The normalized spacial score (nSPS) is 35.7. The van der Waals surface area contributed by atoms with Crippen LogP contribution in [0.25, 0.3) is 0 Å². The monoisotopic (exact) mass is 183 g/mol. The average molecular weight is 183 g/mol. The van der Waals surface area contributed by atoms with Gasteiger partial charge in [0.25, 0.3) is 0 Å². The van der Waals surface area contributed by atoms with E-state index in [9.17, 15) is 5.11 Å². The predicted molar refractivity (Wildman–Crippen MR) is 50.3 cm³/mol. The summed E-state index contributed by atoms with van der Waals surface area (Å²) in [5.74, 6) is 0.805. The summed E-state index contributed by atoms with van der Waals surface area (Å²) in [5.41, 5.74) is -0.705. The van der Waals surface area contributed by atoms with Crippen LogP contribution in [0.3, 0.4) is 0 Å². The summed E-state index contributed by atoms with van der Waals surface area (Å²) in [7, 11) is 2.04. The molecule has 3 heteroatoms. The highest BCUT2D eigenvalue weighted by Gasteiger charge is 2.38. The maximum absolute atomic E-state index is 10.3. The van der Waals surface area contributed by atoms with E-state index in [2.05, 4.69) is 4.90 Å². The highest BCUT2D eigenvalue weighted by Crippen LogP contribution is 2.31. The van der Waals surface area contributed by atoms with E-state index in [1.54, 1.807) is 0 Å². The van der Waals surface area contributed by atoms with Crippen molar-refractivity contribution in [3.8, 4) is 0 Å². The van der Waals surface area contributed by atoms with Crippen LogP contribution in [0.2, 0.25) is 0 Å². The second-order valence-electron chi connectivity index (χ2n) is 4.08. The van der Waals surface area contributed by atoms with E-state index in [0.717, 1.165) is 38.2 Å². The van der Waals surface area contributed by atoms with E-state index in [4.69, 9.17) is 4.74 Å². The van der Waals surface area contributed by atoms with Gasteiger partial charge in [-0.2, -0.15) is 0 Å². The molecular weight excluding hydrogens is 166 g/mol. The van der Waals surface area contributed by atoms with Gasteiger partial charge in [-0.05, 0) is 32.5 Å². The van der Waals surface area contributed by atoms with Gasteiger partial charge in [0.1, 0.15) is 11.4 Å². The molecular formula is C10H17NO2. The Bertz CT molecular complexity index is 227. The number of β-amino-alcohol motifs (C(OH)–C–C–N with tert-alkyl or cyclic N) is 1. The zero-order chi connectivity index (χ0) is 9.31. The van der Waals surface area contributed by atoms with Gasteiger partial charge in [-0.25, -0.2) is 0 Å².